The number of fused-ring (bicyclic) bond motifs is 1. The third kappa shape index (κ3) is 4.72. The minimum atomic E-state index is -1.02. The van der Waals surface area contributed by atoms with Gasteiger partial charge in [0.25, 0.3) is 0 Å². The van der Waals surface area contributed by atoms with Gasteiger partial charge in [0.2, 0.25) is 0 Å². The SMILES string of the molecule is O=C(O)c1cncc(OCc2ccc(-c3cccc(CN4CCc5ccccc54)c3)cc2)c1. The highest BCUT2D eigenvalue weighted by atomic mass is 16.5. The number of anilines is 1. The molecule has 4 aromatic rings. The van der Waals surface area contributed by atoms with E-state index >= 15 is 0 Å². The lowest BCUT2D eigenvalue weighted by Gasteiger charge is -2.20. The van der Waals surface area contributed by atoms with Crippen LogP contribution in [-0.2, 0) is 19.6 Å². The third-order valence-corrected chi connectivity index (χ3v) is 5.94. The van der Waals surface area contributed by atoms with Gasteiger partial charge in [-0.05, 0) is 52.4 Å². The highest BCUT2D eigenvalue weighted by Gasteiger charge is 2.18. The molecule has 33 heavy (non-hydrogen) atoms. The topological polar surface area (TPSA) is 62.7 Å². The second-order valence-electron chi connectivity index (χ2n) is 8.20. The maximum atomic E-state index is 11.1. The molecule has 0 saturated heterocycles. The van der Waals surface area contributed by atoms with E-state index in [1.54, 1.807) is 0 Å². The zero-order valence-corrected chi connectivity index (χ0v) is 18.1. The molecule has 1 aromatic heterocycles. The Morgan fingerprint density at radius 2 is 1.76 bits per heavy atom. The van der Waals surface area contributed by atoms with Crippen molar-refractivity contribution in [3.05, 3.63) is 114 Å². The summed E-state index contributed by atoms with van der Waals surface area (Å²) in [5, 5.41) is 9.08. The van der Waals surface area contributed by atoms with Crippen molar-refractivity contribution >= 4 is 11.7 Å². The Morgan fingerprint density at radius 1 is 0.909 bits per heavy atom. The molecular weight excluding hydrogens is 412 g/mol. The first kappa shape index (κ1) is 20.8. The number of hydrogen-bond acceptors (Lipinski definition) is 4. The molecule has 0 spiro atoms. The van der Waals surface area contributed by atoms with Gasteiger partial charge in [-0.3, -0.25) is 4.98 Å². The first-order valence-corrected chi connectivity index (χ1v) is 11.0. The predicted molar refractivity (Wildman–Crippen MR) is 129 cm³/mol. The van der Waals surface area contributed by atoms with Crippen molar-refractivity contribution in [3.8, 4) is 16.9 Å². The maximum absolute atomic E-state index is 11.1. The highest BCUT2D eigenvalue weighted by Crippen LogP contribution is 2.30. The molecule has 5 heteroatoms. The Morgan fingerprint density at radius 3 is 2.61 bits per heavy atom. The Kier molecular flexibility index (Phi) is 5.77. The number of para-hydroxylation sites is 1. The normalized spacial score (nSPS) is 12.4. The van der Waals surface area contributed by atoms with Crippen LogP contribution in [0.3, 0.4) is 0 Å². The second-order valence-corrected chi connectivity index (χ2v) is 8.20. The molecule has 0 radical (unpaired) electrons. The monoisotopic (exact) mass is 436 g/mol. The molecular formula is C28H24N2O3. The number of carbonyl (C=O) groups is 1. The number of rotatable bonds is 7. The van der Waals surface area contributed by atoms with E-state index in [9.17, 15) is 4.79 Å². The number of hydrogen-bond donors (Lipinski definition) is 1. The third-order valence-electron chi connectivity index (χ3n) is 5.94. The van der Waals surface area contributed by atoms with Crippen LogP contribution in [0.4, 0.5) is 5.69 Å². The summed E-state index contributed by atoms with van der Waals surface area (Å²) in [6.45, 7) is 2.31. The van der Waals surface area contributed by atoms with E-state index in [-0.39, 0.29) is 5.56 Å². The summed E-state index contributed by atoms with van der Waals surface area (Å²) in [6, 6.07) is 27.1. The molecule has 0 fully saturated rings. The molecule has 1 N–H and O–H groups in total. The molecule has 0 atom stereocenters. The summed E-state index contributed by atoms with van der Waals surface area (Å²) >= 11 is 0. The largest absolute Gasteiger partial charge is 0.487 e. The van der Waals surface area contributed by atoms with Crippen LogP contribution in [0.5, 0.6) is 5.75 Å². The first-order chi connectivity index (χ1) is 16.2. The minimum absolute atomic E-state index is 0.111. The van der Waals surface area contributed by atoms with E-state index in [0.29, 0.717) is 12.4 Å². The zero-order valence-electron chi connectivity index (χ0n) is 18.1. The smallest absolute Gasteiger partial charge is 0.337 e. The van der Waals surface area contributed by atoms with Crippen LogP contribution in [0.2, 0.25) is 0 Å². The number of carboxylic acid groups (broad SMARTS) is 1. The zero-order chi connectivity index (χ0) is 22.6. The van der Waals surface area contributed by atoms with Gasteiger partial charge in [0.1, 0.15) is 12.4 Å². The fourth-order valence-corrected chi connectivity index (χ4v) is 4.22. The van der Waals surface area contributed by atoms with Crippen LogP contribution in [0.15, 0.2) is 91.3 Å². The van der Waals surface area contributed by atoms with Gasteiger partial charge in [0.15, 0.2) is 0 Å². The number of ether oxygens (including phenoxy) is 1. The lowest BCUT2D eigenvalue weighted by Crippen LogP contribution is -2.19. The number of nitrogens with zero attached hydrogens (tertiary/aromatic N) is 2. The average Bonchev–Trinajstić information content (AvgIpc) is 3.26. The van der Waals surface area contributed by atoms with Crippen LogP contribution >= 0.6 is 0 Å². The molecule has 1 aliphatic heterocycles. The van der Waals surface area contributed by atoms with Gasteiger partial charge < -0.3 is 14.7 Å². The number of aromatic carboxylic acids is 1. The molecule has 0 amide bonds. The van der Waals surface area contributed by atoms with Gasteiger partial charge in [-0.1, -0.05) is 60.7 Å². The Bertz CT molecular complexity index is 1280. The van der Waals surface area contributed by atoms with Crippen molar-refractivity contribution in [2.45, 2.75) is 19.6 Å². The molecule has 164 valence electrons. The van der Waals surface area contributed by atoms with Gasteiger partial charge in [-0.2, -0.15) is 0 Å². The molecule has 5 nitrogen and oxygen atoms in total. The average molecular weight is 437 g/mol. The van der Waals surface area contributed by atoms with Crippen molar-refractivity contribution in [1.29, 1.82) is 0 Å². The van der Waals surface area contributed by atoms with Crippen LogP contribution < -0.4 is 9.64 Å². The summed E-state index contributed by atoms with van der Waals surface area (Å²) < 4.78 is 5.72. The molecule has 2 heterocycles. The highest BCUT2D eigenvalue weighted by molar-refractivity contribution is 5.87. The van der Waals surface area contributed by atoms with E-state index in [4.69, 9.17) is 9.84 Å². The van der Waals surface area contributed by atoms with Crippen molar-refractivity contribution in [2.75, 3.05) is 11.4 Å². The first-order valence-electron chi connectivity index (χ1n) is 11.0. The van der Waals surface area contributed by atoms with Gasteiger partial charge in [0, 0.05) is 25.0 Å². The van der Waals surface area contributed by atoms with Gasteiger partial charge >= 0.3 is 5.97 Å². The molecule has 0 aliphatic carbocycles. The molecule has 3 aromatic carbocycles. The summed E-state index contributed by atoms with van der Waals surface area (Å²) in [4.78, 5) is 17.4. The predicted octanol–water partition coefficient (Wildman–Crippen LogP) is 5.59. The molecule has 1 aliphatic rings. The lowest BCUT2D eigenvalue weighted by molar-refractivity contribution is 0.0696. The van der Waals surface area contributed by atoms with E-state index < -0.39 is 5.97 Å². The Balaban J connectivity index is 1.25. The van der Waals surface area contributed by atoms with E-state index in [0.717, 1.165) is 30.6 Å². The van der Waals surface area contributed by atoms with Gasteiger partial charge in [-0.15, -0.1) is 0 Å². The van der Waals surface area contributed by atoms with Gasteiger partial charge in [0.05, 0.1) is 11.8 Å². The van der Waals surface area contributed by atoms with Crippen molar-refractivity contribution in [2.24, 2.45) is 0 Å². The molecule has 0 unspecified atom stereocenters. The number of pyridine rings is 1. The lowest BCUT2D eigenvalue weighted by atomic mass is 10.0. The standard InChI is InChI=1S/C28H24N2O3/c31-28(32)25-15-26(17-29-16-25)33-19-20-8-10-22(11-9-20)24-6-3-4-21(14-24)18-30-13-12-23-5-1-2-7-27(23)30/h1-11,14-17H,12-13,18-19H2,(H,31,32). The fraction of sp³-hybridized carbons (Fsp3) is 0.143. The van der Waals surface area contributed by atoms with E-state index in [1.807, 2.05) is 12.1 Å². The quantitative estimate of drug-likeness (QED) is 0.409. The van der Waals surface area contributed by atoms with E-state index in [1.165, 1.54) is 40.8 Å². The van der Waals surface area contributed by atoms with Gasteiger partial charge in [-0.25, -0.2) is 4.79 Å². The Hall–Kier alpha value is -4.12. The molecule has 5 rings (SSSR count). The fourth-order valence-electron chi connectivity index (χ4n) is 4.22. The Labute approximate surface area is 192 Å². The van der Waals surface area contributed by atoms with E-state index in [2.05, 4.69) is 70.5 Å². The summed E-state index contributed by atoms with van der Waals surface area (Å²) in [7, 11) is 0. The maximum Gasteiger partial charge on any atom is 0.337 e. The minimum Gasteiger partial charge on any atom is -0.487 e. The molecule has 0 bridgehead atoms. The molecule has 0 saturated carbocycles. The van der Waals surface area contributed by atoms with Crippen LogP contribution in [-0.4, -0.2) is 22.6 Å². The summed E-state index contributed by atoms with van der Waals surface area (Å²) in [5.41, 5.74) is 7.52. The van der Waals surface area contributed by atoms with Crippen molar-refractivity contribution < 1.29 is 14.6 Å². The number of carboxylic acids is 1. The van der Waals surface area contributed by atoms with Crippen LogP contribution in [0, 0.1) is 0 Å². The number of benzene rings is 3. The summed E-state index contributed by atoms with van der Waals surface area (Å²) in [6.07, 6.45) is 3.93. The second kappa shape index (κ2) is 9.17. The summed E-state index contributed by atoms with van der Waals surface area (Å²) in [5.74, 6) is -0.580. The number of aromatic nitrogens is 1. The van der Waals surface area contributed by atoms with Crippen molar-refractivity contribution in [3.63, 3.8) is 0 Å². The van der Waals surface area contributed by atoms with Crippen LogP contribution in [0.1, 0.15) is 27.0 Å². The van der Waals surface area contributed by atoms with Crippen LogP contribution in [0.25, 0.3) is 11.1 Å². The van der Waals surface area contributed by atoms with Crippen molar-refractivity contribution in [1.82, 2.24) is 4.98 Å².